The normalized spacial score (nSPS) is 11.2. The molecule has 122 valence electrons. The average molecular weight is 312 g/mol. The third-order valence-electron chi connectivity index (χ3n) is 3.17. The molecule has 0 unspecified atom stereocenters. The van der Waals surface area contributed by atoms with Crippen LogP contribution in [-0.4, -0.2) is 16.7 Å². The smallest absolute Gasteiger partial charge is 0.420 e. The van der Waals surface area contributed by atoms with E-state index in [2.05, 4.69) is 11.1 Å². The number of carbonyl (C=O) groups excluding carboxylic acids is 1. The Balaban J connectivity index is 2.53. The first-order valence-corrected chi connectivity index (χ1v) is 7.70. The van der Waals surface area contributed by atoms with Crippen LogP contribution in [0.5, 0.6) is 0 Å². The number of hydrogen-bond donors (Lipinski definition) is 0. The number of ether oxygens (including phenoxy) is 1. The van der Waals surface area contributed by atoms with Crippen LogP contribution in [0.2, 0.25) is 0 Å². The minimum Gasteiger partial charge on any atom is -0.443 e. The van der Waals surface area contributed by atoms with Gasteiger partial charge < -0.3 is 4.74 Å². The van der Waals surface area contributed by atoms with Gasteiger partial charge in [0, 0.05) is 6.20 Å². The number of hydrogen-bond acceptors (Lipinski definition) is 3. The second kappa shape index (κ2) is 6.41. The molecule has 0 radical (unpaired) electrons. The van der Waals surface area contributed by atoms with Crippen molar-refractivity contribution in [2.75, 3.05) is 4.90 Å². The molecule has 23 heavy (non-hydrogen) atoms. The molecule has 0 spiro atoms. The summed E-state index contributed by atoms with van der Waals surface area (Å²) >= 11 is 0. The first-order valence-electron chi connectivity index (χ1n) is 7.70. The Bertz CT molecular complexity index is 697. The summed E-state index contributed by atoms with van der Waals surface area (Å²) in [6.07, 6.45) is 1.27. The first kappa shape index (κ1) is 17.0. The van der Waals surface area contributed by atoms with Crippen molar-refractivity contribution in [2.24, 2.45) is 0 Å². The molecule has 1 heterocycles. The first-order chi connectivity index (χ1) is 10.7. The third kappa shape index (κ3) is 4.55. The largest absolute Gasteiger partial charge is 0.443 e. The van der Waals surface area contributed by atoms with Crippen LogP contribution in [0.15, 0.2) is 36.5 Å². The van der Waals surface area contributed by atoms with E-state index >= 15 is 0 Å². The summed E-state index contributed by atoms with van der Waals surface area (Å²) in [7, 11) is 0. The minimum absolute atomic E-state index is 0.430. The molecule has 0 atom stereocenters. The number of pyridine rings is 1. The highest BCUT2D eigenvalue weighted by atomic mass is 16.6. The van der Waals surface area contributed by atoms with Gasteiger partial charge in [-0.1, -0.05) is 6.07 Å². The minimum atomic E-state index is -0.571. The van der Waals surface area contributed by atoms with Crippen LogP contribution in [0.4, 0.5) is 16.3 Å². The molecule has 4 nitrogen and oxygen atoms in total. The van der Waals surface area contributed by atoms with Gasteiger partial charge in [-0.3, -0.25) is 0 Å². The van der Waals surface area contributed by atoms with Crippen LogP contribution in [0, 0.1) is 20.8 Å². The number of aryl methyl sites for hydroxylation is 3. The van der Waals surface area contributed by atoms with Crippen molar-refractivity contribution in [1.29, 1.82) is 0 Å². The average Bonchev–Trinajstić information content (AvgIpc) is 2.35. The van der Waals surface area contributed by atoms with E-state index in [0.29, 0.717) is 5.82 Å². The van der Waals surface area contributed by atoms with Crippen molar-refractivity contribution in [1.82, 2.24) is 4.98 Å². The van der Waals surface area contributed by atoms with E-state index < -0.39 is 11.7 Å². The standard InChI is InChI=1S/C19H24N2O2/c1-13-7-8-20-17(12-13)21(18(22)23-19(4,5)6)16-10-14(2)9-15(3)11-16/h7-12H,1-6H3. The topological polar surface area (TPSA) is 42.4 Å². The van der Waals surface area contributed by atoms with Gasteiger partial charge in [-0.25, -0.2) is 14.7 Å². The van der Waals surface area contributed by atoms with Crippen molar-refractivity contribution >= 4 is 17.6 Å². The summed E-state index contributed by atoms with van der Waals surface area (Å²) in [6.45, 7) is 11.6. The van der Waals surface area contributed by atoms with E-state index in [1.165, 1.54) is 4.90 Å². The number of rotatable bonds is 2. The molecular formula is C19H24N2O2. The molecule has 1 aromatic heterocycles. The van der Waals surface area contributed by atoms with Gasteiger partial charge in [0.05, 0.1) is 5.69 Å². The van der Waals surface area contributed by atoms with Crippen molar-refractivity contribution < 1.29 is 9.53 Å². The van der Waals surface area contributed by atoms with Gasteiger partial charge in [-0.05, 0) is 82.5 Å². The fourth-order valence-corrected chi connectivity index (χ4v) is 2.36. The number of benzene rings is 1. The SMILES string of the molecule is Cc1cc(C)cc(N(C(=O)OC(C)(C)C)c2cc(C)ccn2)c1. The molecule has 0 bridgehead atoms. The molecule has 4 heteroatoms. The van der Waals surface area contributed by atoms with Gasteiger partial charge in [-0.15, -0.1) is 0 Å². The molecule has 0 saturated carbocycles. The van der Waals surface area contributed by atoms with Crippen LogP contribution in [0.25, 0.3) is 0 Å². The van der Waals surface area contributed by atoms with E-state index in [-0.39, 0.29) is 0 Å². The Labute approximate surface area is 138 Å². The van der Waals surface area contributed by atoms with E-state index in [1.54, 1.807) is 6.20 Å². The van der Waals surface area contributed by atoms with Crippen molar-refractivity contribution in [3.63, 3.8) is 0 Å². The van der Waals surface area contributed by atoms with Crippen molar-refractivity contribution in [3.05, 3.63) is 53.2 Å². The lowest BCUT2D eigenvalue weighted by molar-refractivity contribution is 0.0598. The Morgan fingerprint density at radius 3 is 2.13 bits per heavy atom. The van der Waals surface area contributed by atoms with Gasteiger partial charge >= 0.3 is 6.09 Å². The quantitative estimate of drug-likeness (QED) is 0.776. The number of anilines is 2. The summed E-state index contributed by atoms with van der Waals surface area (Å²) < 4.78 is 5.58. The number of aromatic nitrogens is 1. The number of nitrogens with zero attached hydrogens (tertiary/aromatic N) is 2. The van der Waals surface area contributed by atoms with E-state index in [9.17, 15) is 4.79 Å². The molecular weight excluding hydrogens is 288 g/mol. The molecule has 2 aromatic rings. The van der Waals surface area contributed by atoms with Crippen LogP contribution in [-0.2, 0) is 4.74 Å². The van der Waals surface area contributed by atoms with Gasteiger partial charge in [0.25, 0.3) is 0 Å². The highest BCUT2D eigenvalue weighted by Crippen LogP contribution is 2.28. The summed E-state index contributed by atoms with van der Waals surface area (Å²) in [6, 6.07) is 9.77. The third-order valence-corrected chi connectivity index (χ3v) is 3.17. The van der Waals surface area contributed by atoms with Crippen LogP contribution in [0.1, 0.15) is 37.5 Å². The van der Waals surface area contributed by atoms with E-state index in [4.69, 9.17) is 4.74 Å². The maximum Gasteiger partial charge on any atom is 0.420 e. The number of amides is 1. The fraction of sp³-hybridized carbons (Fsp3) is 0.368. The lowest BCUT2D eigenvalue weighted by Gasteiger charge is -2.27. The lowest BCUT2D eigenvalue weighted by Crippen LogP contribution is -2.34. The van der Waals surface area contributed by atoms with Gasteiger partial charge in [0.1, 0.15) is 11.4 Å². The molecule has 0 fully saturated rings. The van der Waals surface area contributed by atoms with Crippen molar-refractivity contribution in [3.8, 4) is 0 Å². The zero-order valence-corrected chi connectivity index (χ0v) is 14.7. The van der Waals surface area contributed by atoms with Gasteiger partial charge in [0.2, 0.25) is 0 Å². The molecule has 2 rings (SSSR count). The summed E-state index contributed by atoms with van der Waals surface area (Å²) in [5.74, 6) is 0.559. The molecule has 0 aliphatic carbocycles. The molecule has 0 aliphatic rings. The molecule has 0 aliphatic heterocycles. The lowest BCUT2D eigenvalue weighted by atomic mass is 10.1. The summed E-state index contributed by atoms with van der Waals surface area (Å²) in [5.41, 5.74) is 3.39. The second-order valence-corrected chi connectivity index (χ2v) is 6.85. The molecule has 1 amide bonds. The van der Waals surface area contributed by atoms with Gasteiger partial charge in [-0.2, -0.15) is 0 Å². The second-order valence-electron chi connectivity index (χ2n) is 6.85. The summed E-state index contributed by atoms with van der Waals surface area (Å²) in [5, 5.41) is 0. The fourth-order valence-electron chi connectivity index (χ4n) is 2.36. The van der Waals surface area contributed by atoms with Crippen LogP contribution < -0.4 is 4.90 Å². The highest BCUT2D eigenvalue weighted by Gasteiger charge is 2.26. The zero-order valence-electron chi connectivity index (χ0n) is 14.7. The van der Waals surface area contributed by atoms with Crippen molar-refractivity contribution in [2.45, 2.75) is 47.1 Å². The molecule has 0 N–H and O–H groups in total. The van der Waals surface area contributed by atoms with E-state index in [1.807, 2.05) is 65.8 Å². The number of carbonyl (C=O) groups is 1. The van der Waals surface area contributed by atoms with E-state index in [0.717, 1.165) is 22.4 Å². The predicted octanol–water partition coefficient (Wildman–Crippen LogP) is 5.08. The Morgan fingerprint density at radius 1 is 1.00 bits per heavy atom. The monoisotopic (exact) mass is 312 g/mol. The predicted molar refractivity (Wildman–Crippen MR) is 93.3 cm³/mol. The Morgan fingerprint density at radius 2 is 1.61 bits per heavy atom. The zero-order chi connectivity index (χ0) is 17.2. The maximum absolute atomic E-state index is 12.8. The summed E-state index contributed by atoms with van der Waals surface area (Å²) in [4.78, 5) is 18.6. The van der Waals surface area contributed by atoms with Crippen LogP contribution in [0.3, 0.4) is 0 Å². The Kier molecular flexibility index (Phi) is 4.73. The van der Waals surface area contributed by atoms with Crippen LogP contribution >= 0.6 is 0 Å². The van der Waals surface area contributed by atoms with Gasteiger partial charge in [0.15, 0.2) is 0 Å². The molecule has 0 saturated heterocycles. The Hall–Kier alpha value is -2.36. The maximum atomic E-state index is 12.8. The highest BCUT2D eigenvalue weighted by molar-refractivity contribution is 5.95. The molecule has 1 aromatic carbocycles.